The van der Waals surface area contributed by atoms with Crippen LogP contribution in [0.25, 0.3) is 0 Å². The van der Waals surface area contributed by atoms with Crippen molar-refractivity contribution in [2.45, 2.75) is 45.6 Å². The number of hydrogen-bond acceptors (Lipinski definition) is 2. The monoisotopic (exact) mass is 288 g/mol. The Morgan fingerprint density at radius 2 is 2.24 bits per heavy atom. The molecule has 0 spiro atoms. The van der Waals surface area contributed by atoms with Crippen molar-refractivity contribution in [1.82, 2.24) is 4.90 Å². The van der Waals surface area contributed by atoms with Gasteiger partial charge >= 0.3 is 0 Å². The summed E-state index contributed by atoms with van der Waals surface area (Å²) in [6, 6.07) is 6.19. The molecule has 3 nitrogen and oxygen atoms in total. The summed E-state index contributed by atoms with van der Waals surface area (Å²) < 4.78 is 13.4. The molecule has 21 heavy (non-hydrogen) atoms. The highest BCUT2D eigenvalue weighted by molar-refractivity contribution is 5.76. The molecule has 1 aliphatic rings. The minimum atomic E-state index is -0.366. The lowest BCUT2D eigenvalue weighted by molar-refractivity contribution is -0.131. The van der Waals surface area contributed by atoms with Crippen LogP contribution >= 0.6 is 0 Å². The molecular weight excluding hydrogens is 267 g/mol. The highest BCUT2D eigenvalue weighted by Crippen LogP contribution is 2.24. The average Bonchev–Trinajstić information content (AvgIpc) is 2.64. The molecule has 0 aromatic heterocycles. The maximum atomic E-state index is 13.4. The lowest BCUT2D eigenvalue weighted by Gasteiger charge is -2.21. The Bertz CT molecular complexity index is 550. The van der Waals surface area contributed by atoms with Gasteiger partial charge in [-0.15, -0.1) is 0 Å². The van der Waals surface area contributed by atoms with Crippen LogP contribution in [0.2, 0.25) is 0 Å². The van der Waals surface area contributed by atoms with E-state index in [9.17, 15) is 9.18 Å². The Hall–Kier alpha value is -1.89. The van der Waals surface area contributed by atoms with Crippen molar-refractivity contribution in [1.29, 1.82) is 5.26 Å². The van der Waals surface area contributed by atoms with E-state index < -0.39 is 0 Å². The number of nitrogens with zero attached hydrogens (tertiary/aromatic N) is 2. The zero-order valence-corrected chi connectivity index (χ0v) is 12.4. The van der Waals surface area contributed by atoms with Crippen molar-refractivity contribution in [3.63, 3.8) is 0 Å². The Kier molecular flexibility index (Phi) is 5.32. The van der Waals surface area contributed by atoms with Gasteiger partial charge in [0.15, 0.2) is 0 Å². The van der Waals surface area contributed by atoms with E-state index in [1.807, 2.05) is 0 Å². The quantitative estimate of drug-likeness (QED) is 0.849. The van der Waals surface area contributed by atoms with Gasteiger partial charge in [-0.3, -0.25) is 4.79 Å². The van der Waals surface area contributed by atoms with Crippen LogP contribution in [0.1, 0.15) is 50.2 Å². The molecule has 0 aliphatic carbocycles. The number of likely N-dealkylation sites (tertiary alicyclic amines) is 1. The molecular formula is C17H21FN2O. The van der Waals surface area contributed by atoms with E-state index in [1.54, 1.807) is 4.90 Å². The van der Waals surface area contributed by atoms with Crippen molar-refractivity contribution in [3.05, 3.63) is 35.1 Å². The third kappa shape index (κ3) is 4.04. The number of amides is 1. The van der Waals surface area contributed by atoms with Crippen molar-refractivity contribution in [2.24, 2.45) is 5.92 Å². The zero-order chi connectivity index (χ0) is 15.2. The molecule has 1 aliphatic heterocycles. The second kappa shape index (κ2) is 7.21. The molecule has 0 bridgehead atoms. The Labute approximate surface area is 125 Å². The van der Waals surface area contributed by atoms with Crippen molar-refractivity contribution >= 4 is 5.91 Å². The van der Waals surface area contributed by atoms with Crippen molar-refractivity contribution < 1.29 is 9.18 Å². The van der Waals surface area contributed by atoms with Crippen LogP contribution in [0.5, 0.6) is 0 Å². The van der Waals surface area contributed by atoms with Crippen LogP contribution in [0.4, 0.5) is 4.39 Å². The van der Waals surface area contributed by atoms with E-state index in [1.165, 1.54) is 18.2 Å². The summed E-state index contributed by atoms with van der Waals surface area (Å²) in [4.78, 5) is 14.0. The Morgan fingerprint density at radius 1 is 1.43 bits per heavy atom. The third-order valence-electron chi connectivity index (χ3n) is 4.17. The largest absolute Gasteiger partial charge is 0.338 e. The molecule has 1 aromatic rings. The van der Waals surface area contributed by atoms with Crippen LogP contribution < -0.4 is 0 Å². The SMILES string of the molecule is CCCC1CCC(=O)N(Cc2cc(F)ccc2C#N)CC1. The Morgan fingerprint density at radius 3 is 2.95 bits per heavy atom. The van der Waals surface area contributed by atoms with Crippen LogP contribution in [0.15, 0.2) is 18.2 Å². The second-order valence-electron chi connectivity index (χ2n) is 5.71. The first-order valence-electron chi connectivity index (χ1n) is 7.60. The highest BCUT2D eigenvalue weighted by atomic mass is 19.1. The smallest absolute Gasteiger partial charge is 0.222 e. The maximum absolute atomic E-state index is 13.4. The average molecular weight is 288 g/mol. The van der Waals surface area contributed by atoms with E-state index in [2.05, 4.69) is 13.0 Å². The van der Waals surface area contributed by atoms with Crippen LogP contribution in [0, 0.1) is 23.1 Å². The molecule has 1 amide bonds. The fraction of sp³-hybridized carbons (Fsp3) is 0.529. The first-order chi connectivity index (χ1) is 10.1. The van der Waals surface area contributed by atoms with E-state index in [0.717, 1.165) is 25.7 Å². The van der Waals surface area contributed by atoms with Crippen LogP contribution in [0.3, 0.4) is 0 Å². The van der Waals surface area contributed by atoms with E-state index in [-0.39, 0.29) is 11.7 Å². The van der Waals surface area contributed by atoms with Gasteiger partial charge in [-0.05, 0) is 42.5 Å². The Balaban J connectivity index is 2.10. The summed E-state index contributed by atoms with van der Waals surface area (Å²) >= 11 is 0. The second-order valence-corrected chi connectivity index (χ2v) is 5.71. The van der Waals surface area contributed by atoms with Gasteiger partial charge in [0.1, 0.15) is 5.82 Å². The van der Waals surface area contributed by atoms with Gasteiger partial charge in [0, 0.05) is 19.5 Å². The third-order valence-corrected chi connectivity index (χ3v) is 4.17. The summed E-state index contributed by atoms with van der Waals surface area (Å²) in [5.41, 5.74) is 1.04. The number of carbonyl (C=O) groups is 1. The van der Waals surface area contributed by atoms with Gasteiger partial charge in [-0.1, -0.05) is 19.8 Å². The molecule has 0 N–H and O–H groups in total. The van der Waals surface area contributed by atoms with Gasteiger partial charge < -0.3 is 4.90 Å². The van der Waals surface area contributed by atoms with E-state index in [0.29, 0.717) is 36.6 Å². The van der Waals surface area contributed by atoms with Crippen LogP contribution in [-0.2, 0) is 11.3 Å². The molecule has 0 saturated carbocycles. The summed E-state index contributed by atoms with van der Waals surface area (Å²) in [5.74, 6) is 0.351. The first kappa shape index (κ1) is 15.5. The number of halogens is 1. The molecule has 1 aromatic carbocycles. The van der Waals surface area contributed by atoms with Gasteiger partial charge in [-0.25, -0.2) is 4.39 Å². The number of rotatable bonds is 4. The summed E-state index contributed by atoms with van der Waals surface area (Å²) in [5, 5.41) is 9.10. The molecule has 0 radical (unpaired) electrons. The molecule has 1 heterocycles. The number of benzene rings is 1. The van der Waals surface area contributed by atoms with E-state index >= 15 is 0 Å². The molecule has 4 heteroatoms. The highest BCUT2D eigenvalue weighted by Gasteiger charge is 2.22. The molecule has 112 valence electrons. The number of nitriles is 1. The zero-order valence-electron chi connectivity index (χ0n) is 12.4. The van der Waals surface area contributed by atoms with Gasteiger partial charge in [0.2, 0.25) is 5.91 Å². The minimum Gasteiger partial charge on any atom is -0.338 e. The molecule has 1 atom stereocenters. The van der Waals surface area contributed by atoms with Gasteiger partial charge in [0.05, 0.1) is 11.6 Å². The van der Waals surface area contributed by atoms with Crippen molar-refractivity contribution in [2.75, 3.05) is 6.54 Å². The topological polar surface area (TPSA) is 44.1 Å². The molecule has 1 unspecified atom stereocenters. The fourth-order valence-corrected chi connectivity index (χ4v) is 2.97. The summed E-state index contributed by atoms with van der Waals surface area (Å²) in [7, 11) is 0. The van der Waals surface area contributed by atoms with Gasteiger partial charge in [0.25, 0.3) is 0 Å². The standard InChI is InChI=1S/C17H21FN2O/c1-2-3-13-4-7-17(21)20(9-8-13)12-15-10-16(18)6-5-14(15)11-19/h5-6,10,13H,2-4,7-9,12H2,1H3. The number of carbonyl (C=O) groups excluding carboxylic acids is 1. The maximum Gasteiger partial charge on any atom is 0.222 e. The summed E-state index contributed by atoms with van der Waals surface area (Å²) in [6.45, 7) is 3.19. The predicted molar refractivity (Wildman–Crippen MR) is 78.8 cm³/mol. The van der Waals surface area contributed by atoms with Gasteiger partial charge in [-0.2, -0.15) is 5.26 Å². The normalized spacial score (nSPS) is 19.2. The predicted octanol–water partition coefficient (Wildman–Crippen LogP) is 3.63. The fourth-order valence-electron chi connectivity index (χ4n) is 2.97. The van der Waals surface area contributed by atoms with Crippen LogP contribution in [-0.4, -0.2) is 17.4 Å². The minimum absolute atomic E-state index is 0.113. The lowest BCUT2D eigenvalue weighted by atomic mass is 9.96. The summed E-state index contributed by atoms with van der Waals surface area (Å²) in [6.07, 6.45) is 4.79. The number of hydrogen-bond donors (Lipinski definition) is 0. The van der Waals surface area contributed by atoms with E-state index in [4.69, 9.17) is 5.26 Å². The van der Waals surface area contributed by atoms with Crippen molar-refractivity contribution in [3.8, 4) is 6.07 Å². The first-order valence-corrected chi connectivity index (χ1v) is 7.60. The molecule has 1 fully saturated rings. The lowest BCUT2D eigenvalue weighted by Crippen LogP contribution is -2.30. The molecule has 2 rings (SSSR count). The molecule has 1 saturated heterocycles.